The topological polar surface area (TPSA) is 76.1 Å². The number of rotatable bonds is 6. The van der Waals surface area contributed by atoms with E-state index < -0.39 is 15.9 Å². The van der Waals surface area contributed by atoms with Gasteiger partial charge >= 0.3 is 0 Å². The van der Waals surface area contributed by atoms with Crippen LogP contribution in [0.3, 0.4) is 0 Å². The van der Waals surface area contributed by atoms with Crippen LogP contribution in [-0.4, -0.2) is 19.3 Å². The summed E-state index contributed by atoms with van der Waals surface area (Å²) in [6.45, 7) is 7.85. The molecule has 1 amide bonds. The molecule has 0 radical (unpaired) electrons. The average Bonchev–Trinajstić information content (AvgIpc) is 2.53. The smallest absolute Gasteiger partial charge is 0.264 e. The molecule has 5 nitrogen and oxygen atoms in total. The molecule has 0 fully saturated rings. The second-order valence-corrected chi connectivity index (χ2v) is 8.42. The molecule has 1 heterocycles. The summed E-state index contributed by atoms with van der Waals surface area (Å²) in [7, 11) is -3.85. The van der Waals surface area contributed by atoms with Gasteiger partial charge in [0.2, 0.25) is 5.91 Å². The van der Waals surface area contributed by atoms with Crippen LogP contribution in [0, 0.1) is 5.92 Å². The molecular weight excluding hydrogens is 336 g/mol. The van der Waals surface area contributed by atoms with Crippen molar-refractivity contribution in [3.63, 3.8) is 0 Å². The van der Waals surface area contributed by atoms with Gasteiger partial charge in [-0.1, -0.05) is 45.9 Å². The highest BCUT2D eigenvalue weighted by Gasteiger charge is 2.18. The van der Waals surface area contributed by atoms with Gasteiger partial charge in [-0.3, -0.25) is 9.78 Å². The van der Waals surface area contributed by atoms with E-state index in [2.05, 4.69) is 23.6 Å². The van der Waals surface area contributed by atoms with Crippen molar-refractivity contribution >= 4 is 15.9 Å². The third kappa shape index (κ3) is 4.89. The van der Waals surface area contributed by atoms with E-state index in [0.29, 0.717) is 0 Å². The van der Waals surface area contributed by atoms with Crippen molar-refractivity contribution in [2.24, 2.45) is 5.92 Å². The molecule has 0 bridgehead atoms. The summed E-state index contributed by atoms with van der Waals surface area (Å²) in [5.74, 6) is -0.138. The zero-order valence-electron chi connectivity index (χ0n) is 15.0. The van der Waals surface area contributed by atoms with Gasteiger partial charge in [0, 0.05) is 18.2 Å². The van der Waals surface area contributed by atoms with Crippen molar-refractivity contribution in [1.29, 1.82) is 0 Å². The van der Waals surface area contributed by atoms with Crippen LogP contribution in [0.25, 0.3) is 11.1 Å². The minimum atomic E-state index is -3.85. The van der Waals surface area contributed by atoms with E-state index in [4.69, 9.17) is 0 Å². The van der Waals surface area contributed by atoms with Gasteiger partial charge in [0.25, 0.3) is 10.0 Å². The van der Waals surface area contributed by atoms with Gasteiger partial charge < -0.3 is 0 Å². The van der Waals surface area contributed by atoms with Crippen LogP contribution >= 0.6 is 0 Å². The number of hydrogen-bond acceptors (Lipinski definition) is 4. The number of sulfonamides is 1. The van der Waals surface area contributed by atoms with Gasteiger partial charge in [-0.25, -0.2) is 13.1 Å². The molecule has 0 aliphatic heterocycles. The van der Waals surface area contributed by atoms with E-state index >= 15 is 0 Å². The lowest BCUT2D eigenvalue weighted by molar-refractivity contribution is -0.120. The number of hydrogen-bond donors (Lipinski definition) is 1. The number of benzene rings is 1. The van der Waals surface area contributed by atoms with E-state index in [1.807, 2.05) is 26.0 Å². The number of amides is 1. The van der Waals surface area contributed by atoms with Crippen LogP contribution in [-0.2, 0) is 14.8 Å². The van der Waals surface area contributed by atoms with Gasteiger partial charge in [-0.15, -0.1) is 0 Å². The quantitative estimate of drug-likeness (QED) is 0.852. The summed E-state index contributed by atoms with van der Waals surface area (Å²) in [6, 6.07) is 10.3. The third-order valence-corrected chi connectivity index (χ3v) is 5.09. The molecule has 2 rings (SSSR count). The van der Waals surface area contributed by atoms with Gasteiger partial charge in [0.05, 0.1) is 10.6 Å². The average molecular weight is 360 g/mol. The molecule has 0 unspecified atom stereocenters. The number of pyridine rings is 1. The summed E-state index contributed by atoms with van der Waals surface area (Å²) in [6.07, 6.45) is 1.92. The Balaban J connectivity index is 2.27. The first-order chi connectivity index (χ1) is 11.7. The fourth-order valence-electron chi connectivity index (χ4n) is 2.56. The Labute approximate surface area is 149 Å². The summed E-state index contributed by atoms with van der Waals surface area (Å²) < 4.78 is 26.7. The SMILES string of the molecule is CC(C)CC(=O)NS(=O)(=O)c1ccc(-c2cccnc2C(C)C)cc1. The molecule has 2 aromatic rings. The predicted octanol–water partition coefficient (Wildman–Crippen LogP) is 3.72. The normalized spacial score (nSPS) is 11.8. The van der Waals surface area contributed by atoms with Gasteiger partial charge in [0.15, 0.2) is 0 Å². The van der Waals surface area contributed by atoms with Gasteiger partial charge in [-0.2, -0.15) is 0 Å². The fourth-order valence-corrected chi connectivity index (χ4v) is 3.55. The Morgan fingerprint density at radius 3 is 2.28 bits per heavy atom. The lowest BCUT2D eigenvalue weighted by Crippen LogP contribution is -2.31. The minimum absolute atomic E-state index is 0.0725. The molecule has 6 heteroatoms. The van der Waals surface area contributed by atoms with Gasteiger partial charge in [0.1, 0.15) is 0 Å². The first-order valence-corrected chi connectivity index (χ1v) is 9.80. The third-order valence-electron chi connectivity index (χ3n) is 3.70. The van der Waals surface area contributed by atoms with Crippen molar-refractivity contribution in [2.75, 3.05) is 0 Å². The second kappa shape index (κ2) is 7.78. The number of carbonyl (C=O) groups is 1. The maximum Gasteiger partial charge on any atom is 0.264 e. The lowest BCUT2D eigenvalue weighted by Gasteiger charge is -2.12. The van der Waals surface area contributed by atoms with E-state index in [1.165, 1.54) is 12.1 Å². The number of nitrogens with zero attached hydrogens (tertiary/aromatic N) is 1. The highest BCUT2D eigenvalue weighted by Crippen LogP contribution is 2.28. The lowest BCUT2D eigenvalue weighted by atomic mass is 9.98. The van der Waals surface area contributed by atoms with Gasteiger partial charge in [-0.05, 0) is 35.6 Å². The zero-order chi connectivity index (χ0) is 18.6. The number of nitrogens with one attached hydrogen (secondary N) is 1. The highest BCUT2D eigenvalue weighted by molar-refractivity contribution is 7.90. The molecule has 0 saturated heterocycles. The minimum Gasteiger partial charge on any atom is -0.274 e. The summed E-state index contributed by atoms with van der Waals surface area (Å²) in [5.41, 5.74) is 2.83. The molecule has 0 saturated carbocycles. The first-order valence-electron chi connectivity index (χ1n) is 8.31. The monoisotopic (exact) mass is 360 g/mol. The molecule has 1 N–H and O–H groups in total. The van der Waals surface area contributed by atoms with Crippen molar-refractivity contribution in [3.05, 3.63) is 48.3 Å². The van der Waals surface area contributed by atoms with E-state index in [0.717, 1.165) is 16.8 Å². The van der Waals surface area contributed by atoms with Crippen LogP contribution in [0.4, 0.5) is 0 Å². The Kier molecular flexibility index (Phi) is 5.95. The zero-order valence-corrected chi connectivity index (χ0v) is 15.8. The van der Waals surface area contributed by atoms with Crippen molar-refractivity contribution in [2.45, 2.75) is 44.9 Å². The second-order valence-electron chi connectivity index (χ2n) is 6.74. The number of aromatic nitrogens is 1. The maximum absolute atomic E-state index is 12.3. The van der Waals surface area contributed by atoms with Crippen LogP contribution in [0.2, 0.25) is 0 Å². The van der Waals surface area contributed by atoms with Crippen molar-refractivity contribution < 1.29 is 13.2 Å². The van der Waals surface area contributed by atoms with Crippen LogP contribution in [0.5, 0.6) is 0 Å². The Morgan fingerprint density at radius 1 is 1.08 bits per heavy atom. The Morgan fingerprint density at radius 2 is 1.72 bits per heavy atom. The molecule has 1 aromatic carbocycles. The first kappa shape index (κ1) is 19.1. The molecule has 0 aliphatic carbocycles. The van der Waals surface area contributed by atoms with Crippen molar-refractivity contribution in [3.8, 4) is 11.1 Å². The maximum atomic E-state index is 12.3. The standard InChI is InChI=1S/C19H24N2O3S/c1-13(2)12-18(22)21-25(23,24)16-9-7-15(8-10-16)17-6-5-11-20-19(17)14(3)4/h5-11,13-14H,12H2,1-4H3,(H,21,22). The number of carbonyl (C=O) groups excluding carboxylic acids is 1. The summed E-state index contributed by atoms with van der Waals surface area (Å²) >= 11 is 0. The molecule has 0 aliphatic rings. The fraction of sp³-hybridized carbons (Fsp3) is 0.368. The van der Waals surface area contributed by atoms with E-state index in [1.54, 1.807) is 18.3 Å². The Hall–Kier alpha value is -2.21. The van der Waals surface area contributed by atoms with Crippen LogP contribution < -0.4 is 4.72 Å². The van der Waals surface area contributed by atoms with E-state index in [-0.39, 0.29) is 23.2 Å². The Bertz CT molecular complexity index is 841. The van der Waals surface area contributed by atoms with E-state index in [9.17, 15) is 13.2 Å². The highest BCUT2D eigenvalue weighted by atomic mass is 32.2. The van der Waals surface area contributed by atoms with Crippen LogP contribution in [0.1, 0.15) is 45.7 Å². The largest absolute Gasteiger partial charge is 0.274 e. The molecule has 134 valence electrons. The molecular formula is C19H24N2O3S. The summed E-state index contributed by atoms with van der Waals surface area (Å²) in [5, 5.41) is 0. The predicted molar refractivity (Wildman–Crippen MR) is 98.5 cm³/mol. The van der Waals surface area contributed by atoms with Crippen LogP contribution in [0.15, 0.2) is 47.5 Å². The summed E-state index contributed by atoms with van der Waals surface area (Å²) in [4.78, 5) is 16.2. The molecule has 1 aromatic heterocycles. The molecule has 25 heavy (non-hydrogen) atoms. The molecule has 0 spiro atoms. The van der Waals surface area contributed by atoms with Crippen molar-refractivity contribution in [1.82, 2.24) is 9.71 Å². The molecule has 0 atom stereocenters.